The maximum atomic E-state index is 6.12. The fraction of sp³-hybridized carbons (Fsp3) is 0.312. The van der Waals surface area contributed by atoms with Crippen molar-refractivity contribution < 1.29 is 0 Å². The minimum atomic E-state index is 0.0949. The number of aromatic nitrogens is 3. The summed E-state index contributed by atoms with van der Waals surface area (Å²) in [6, 6.07) is 7.94. The van der Waals surface area contributed by atoms with Crippen LogP contribution in [0.5, 0.6) is 0 Å². The molecular formula is C16H21N7. The van der Waals surface area contributed by atoms with Gasteiger partial charge in [-0.3, -0.25) is 4.99 Å². The molecule has 2 aromatic heterocycles. The van der Waals surface area contributed by atoms with Gasteiger partial charge in [-0.2, -0.15) is 0 Å². The van der Waals surface area contributed by atoms with E-state index in [2.05, 4.69) is 21.5 Å². The molecule has 0 saturated heterocycles. The molecule has 0 aliphatic rings. The van der Waals surface area contributed by atoms with Crippen LogP contribution in [-0.4, -0.2) is 27.0 Å². The second-order valence-corrected chi connectivity index (χ2v) is 5.45. The summed E-state index contributed by atoms with van der Waals surface area (Å²) in [6.45, 7) is 3.28. The van der Waals surface area contributed by atoms with Crippen molar-refractivity contribution in [2.24, 2.45) is 16.5 Å². The molecule has 2 heterocycles. The molecule has 1 aromatic carbocycles. The molecule has 23 heavy (non-hydrogen) atoms. The van der Waals surface area contributed by atoms with E-state index < -0.39 is 0 Å². The molecule has 0 spiro atoms. The number of nitrogens with zero attached hydrogens (tertiary/aromatic N) is 4. The predicted molar refractivity (Wildman–Crippen MR) is 94.1 cm³/mol. The normalized spacial score (nSPS) is 11.2. The summed E-state index contributed by atoms with van der Waals surface area (Å²) < 4.78 is 2.16. The van der Waals surface area contributed by atoms with Crippen LogP contribution in [0.15, 0.2) is 29.3 Å². The first-order chi connectivity index (χ1) is 11.1. The van der Waals surface area contributed by atoms with E-state index >= 15 is 0 Å². The predicted octanol–water partition coefficient (Wildman–Crippen LogP) is 1.39. The Hall–Kier alpha value is -2.83. The first-order valence-corrected chi connectivity index (χ1v) is 7.70. The van der Waals surface area contributed by atoms with E-state index in [1.807, 2.05) is 24.3 Å². The molecule has 0 amide bonds. The number of aliphatic imine (C=N–C) groups is 1. The average molecular weight is 311 g/mol. The van der Waals surface area contributed by atoms with Gasteiger partial charge >= 0.3 is 0 Å². The lowest BCUT2D eigenvalue weighted by Gasteiger charge is -2.09. The van der Waals surface area contributed by atoms with Crippen molar-refractivity contribution in [1.82, 2.24) is 14.5 Å². The summed E-state index contributed by atoms with van der Waals surface area (Å²) in [5.74, 6) is 1.53. The number of para-hydroxylation sites is 1. The van der Waals surface area contributed by atoms with Gasteiger partial charge in [0.15, 0.2) is 11.8 Å². The summed E-state index contributed by atoms with van der Waals surface area (Å²) in [7, 11) is 0. The van der Waals surface area contributed by atoms with Crippen LogP contribution >= 0.6 is 0 Å². The van der Waals surface area contributed by atoms with Gasteiger partial charge in [-0.1, -0.05) is 25.1 Å². The Morgan fingerprint density at radius 3 is 2.74 bits per heavy atom. The summed E-state index contributed by atoms with van der Waals surface area (Å²) >= 11 is 0. The van der Waals surface area contributed by atoms with E-state index in [0.717, 1.165) is 40.6 Å². The Labute approximate surface area is 134 Å². The smallest absolute Gasteiger partial charge is 0.185 e. The van der Waals surface area contributed by atoms with Gasteiger partial charge in [-0.15, -0.1) is 0 Å². The molecule has 6 N–H and O–H groups in total. The second-order valence-electron chi connectivity index (χ2n) is 5.45. The number of anilines is 1. The number of hydrogen-bond acceptors (Lipinski definition) is 4. The summed E-state index contributed by atoms with van der Waals surface area (Å²) in [5.41, 5.74) is 19.6. The van der Waals surface area contributed by atoms with E-state index in [-0.39, 0.29) is 5.96 Å². The number of fused-ring (bicyclic) bond motifs is 3. The molecular weight excluding hydrogens is 290 g/mol. The van der Waals surface area contributed by atoms with E-state index in [1.54, 1.807) is 0 Å². The van der Waals surface area contributed by atoms with Crippen LogP contribution in [0.25, 0.3) is 21.9 Å². The third-order valence-electron chi connectivity index (χ3n) is 3.78. The third-order valence-corrected chi connectivity index (χ3v) is 3.78. The van der Waals surface area contributed by atoms with Gasteiger partial charge in [0.2, 0.25) is 0 Å². The van der Waals surface area contributed by atoms with Crippen molar-refractivity contribution in [2.45, 2.75) is 26.3 Å². The molecule has 7 nitrogen and oxygen atoms in total. The zero-order valence-corrected chi connectivity index (χ0v) is 13.2. The van der Waals surface area contributed by atoms with Crippen molar-refractivity contribution in [1.29, 1.82) is 0 Å². The molecule has 3 aromatic rings. The van der Waals surface area contributed by atoms with E-state index in [1.165, 1.54) is 0 Å². The standard InChI is InChI=1S/C16H21N7/c1-2-5-12-22-13-14(23(12)9-8-20-16(18)19)10-6-3-4-7-11(10)21-15(13)17/h3-4,6-7H,2,5,8-9H2,1H3,(H2,17,21)(H4,18,19,20). The fourth-order valence-corrected chi connectivity index (χ4v) is 2.84. The van der Waals surface area contributed by atoms with E-state index in [4.69, 9.17) is 22.2 Å². The molecule has 0 fully saturated rings. The highest BCUT2D eigenvalue weighted by molar-refractivity contribution is 6.06. The fourth-order valence-electron chi connectivity index (χ4n) is 2.84. The SMILES string of the molecule is CCCc1nc2c(N)nc3ccccc3c2n1CCN=C(N)N. The number of rotatable bonds is 5. The van der Waals surface area contributed by atoms with Crippen LogP contribution in [-0.2, 0) is 13.0 Å². The molecule has 0 atom stereocenters. The highest BCUT2D eigenvalue weighted by Gasteiger charge is 2.16. The summed E-state index contributed by atoms with van der Waals surface area (Å²) in [4.78, 5) is 13.3. The Morgan fingerprint density at radius 2 is 2.00 bits per heavy atom. The number of imidazole rings is 1. The first kappa shape index (κ1) is 15.1. The van der Waals surface area contributed by atoms with Crippen LogP contribution in [0, 0.1) is 0 Å². The van der Waals surface area contributed by atoms with Crippen LogP contribution in [0.1, 0.15) is 19.2 Å². The number of benzene rings is 1. The number of nitrogens with two attached hydrogens (primary N) is 3. The second kappa shape index (κ2) is 6.12. The molecule has 7 heteroatoms. The quantitative estimate of drug-likeness (QED) is 0.485. The monoisotopic (exact) mass is 311 g/mol. The van der Waals surface area contributed by atoms with E-state index in [9.17, 15) is 0 Å². The molecule has 0 unspecified atom stereocenters. The average Bonchev–Trinajstić information content (AvgIpc) is 2.87. The summed E-state index contributed by atoms with van der Waals surface area (Å²) in [6.07, 6.45) is 1.86. The minimum absolute atomic E-state index is 0.0949. The van der Waals surface area contributed by atoms with Crippen molar-refractivity contribution in [2.75, 3.05) is 12.3 Å². The van der Waals surface area contributed by atoms with Gasteiger partial charge in [0.1, 0.15) is 11.3 Å². The molecule has 3 rings (SSSR count). The Kier molecular flexibility index (Phi) is 4.01. The zero-order chi connectivity index (χ0) is 16.4. The van der Waals surface area contributed by atoms with Crippen LogP contribution in [0.2, 0.25) is 0 Å². The number of guanidine groups is 1. The Morgan fingerprint density at radius 1 is 1.22 bits per heavy atom. The topological polar surface area (TPSA) is 121 Å². The zero-order valence-electron chi connectivity index (χ0n) is 13.2. The molecule has 0 aliphatic carbocycles. The van der Waals surface area contributed by atoms with Gasteiger partial charge in [0, 0.05) is 18.4 Å². The Bertz CT molecular complexity index is 875. The Balaban J connectivity index is 2.24. The van der Waals surface area contributed by atoms with Crippen molar-refractivity contribution in [3.8, 4) is 0 Å². The van der Waals surface area contributed by atoms with Gasteiger partial charge in [-0.25, -0.2) is 9.97 Å². The van der Waals surface area contributed by atoms with E-state index in [0.29, 0.717) is 18.9 Å². The molecule has 0 saturated carbocycles. The number of nitrogen functional groups attached to an aromatic ring is 1. The van der Waals surface area contributed by atoms with Crippen molar-refractivity contribution >= 4 is 33.7 Å². The van der Waals surface area contributed by atoms with Crippen LogP contribution < -0.4 is 17.2 Å². The lowest BCUT2D eigenvalue weighted by atomic mass is 10.2. The van der Waals surface area contributed by atoms with Crippen molar-refractivity contribution in [3.63, 3.8) is 0 Å². The highest BCUT2D eigenvalue weighted by Crippen LogP contribution is 2.29. The maximum absolute atomic E-state index is 6.12. The largest absolute Gasteiger partial charge is 0.382 e. The molecule has 120 valence electrons. The lowest BCUT2D eigenvalue weighted by Crippen LogP contribution is -2.23. The van der Waals surface area contributed by atoms with Gasteiger partial charge in [0.25, 0.3) is 0 Å². The molecule has 0 bridgehead atoms. The van der Waals surface area contributed by atoms with Crippen LogP contribution in [0.3, 0.4) is 0 Å². The highest BCUT2D eigenvalue weighted by atomic mass is 15.1. The number of hydrogen-bond donors (Lipinski definition) is 3. The number of aryl methyl sites for hydroxylation is 1. The van der Waals surface area contributed by atoms with Crippen LogP contribution in [0.4, 0.5) is 5.82 Å². The number of pyridine rings is 1. The first-order valence-electron chi connectivity index (χ1n) is 7.70. The maximum Gasteiger partial charge on any atom is 0.185 e. The van der Waals surface area contributed by atoms with Gasteiger partial charge in [0.05, 0.1) is 17.6 Å². The minimum Gasteiger partial charge on any atom is -0.382 e. The lowest BCUT2D eigenvalue weighted by molar-refractivity contribution is 0.669. The molecule has 0 radical (unpaired) electrons. The third kappa shape index (κ3) is 2.77. The summed E-state index contributed by atoms with van der Waals surface area (Å²) in [5, 5.41) is 1.04. The van der Waals surface area contributed by atoms with Crippen molar-refractivity contribution in [3.05, 3.63) is 30.1 Å². The van der Waals surface area contributed by atoms with Gasteiger partial charge in [-0.05, 0) is 12.5 Å². The van der Waals surface area contributed by atoms with Gasteiger partial charge < -0.3 is 21.8 Å². The molecule has 0 aliphatic heterocycles.